The lowest BCUT2D eigenvalue weighted by atomic mass is 9.96. The Balaban J connectivity index is 2.58. The van der Waals surface area contributed by atoms with Crippen molar-refractivity contribution in [2.24, 2.45) is 0 Å². The lowest BCUT2D eigenvalue weighted by Crippen LogP contribution is -2.48. The van der Waals surface area contributed by atoms with Crippen molar-refractivity contribution in [2.45, 2.75) is 51.6 Å². The SMILES string of the molecule is CNC(C)(CCCn1ccnc1C(C)C)C(=O)OC. The van der Waals surface area contributed by atoms with E-state index in [1.807, 2.05) is 19.3 Å². The van der Waals surface area contributed by atoms with Crippen LogP contribution in [0.4, 0.5) is 0 Å². The molecule has 1 aromatic rings. The molecular formula is C14H25N3O2. The van der Waals surface area contributed by atoms with Gasteiger partial charge in [-0.1, -0.05) is 13.8 Å². The Morgan fingerprint density at radius 2 is 2.26 bits per heavy atom. The smallest absolute Gasteiger partial charge is 0.325 e. The van der Waals surface area contributed by atoms with Crippen LogP contribution in [0.25, 0.3) is 0 Å². The number of ether oxygens (including phenoxy) is 1. The summed E-state index contributed by atoms with van der Waals surface area (Å²) in [6.07, 6.45) is 5.44. The fourth-order valence-electron chi connectivity index (χ4n) is 2.17. The van der Waals surface area contributed by atoms with E-state index in [0.29, 0.717) is 5.92 Å². The minimum Gasteiger partial charge on any atom is -0.468 e. The number of hydrogen-bond acceptors (Lipinski definition) is 4. The van der Waals surface area contributed by atoms with Crippen molar-refractivity contribution in [1.82, 2.24) is 14.9 Å². The summed E-state index contributed by atoms with van der Waals surface area (Å²) < 4.78 is 6.99. The highest BCUT2D eigenvalue weighted by Crippen LogP contribution is 2.17. The molecule has 19 heavy (non-hydrogen) atoms. The maximum absolute atomic E-state index is 11.7. The van der Waals surface area contributed by atoms with Gasteiger partial charge < -0.3 is 14.6 Å². The van der Waals surface area contributed by atoms with E-state index in [1.165, 1.54) is 7.11 Å². The molecule has 108 valence electrons. The van der Waals surface area contributed by atoms with E-state index in [0.717, 1.165) is 25.2 Å². The van der Waals surface area contributed by atoms with Gasteiger partial charge in [0.05, 0.1) is 7.11 Å². The molecule has 0 radical (unpaired) electrons. The van der Waals surface area contributed by atoms with Crippen molar-refractivity contribution in [1.29, 1.82) is 0 Å². The summed E-state index contributed by atoms with van der Waals surface area (Å²) in [5, 5.41) is 3.05. The molecule has 1 N–H and O–H groups in total. The van der Waals surface area contributed by atoms with Gasteiger partial charge in [-0.2, -0.15) is 0 Å². The summed E-state index contributed by atoms with van der Waals surface area (Å²) in [5.41, 5.74) is -0.618. The Morgan fingerprint density at radius 1 is 1.58 bits per heavy atom. The molecule has 0 fully saturated rings. The maximum Gasteiger partial charge on any atom is 0.325 e. The third-order valence-electron chi connectivity index (χ3n) is 3.53. The number of hydrogen-bond donors (Lipinski definition) is 1. The molecule has 0 aromatic carbocycles. The van der Waals surface area contributed by atoms with Crippen LogP contribution in [0.3, 0.4) is 0 Å². The Hall–Kier alpha value is -1.36. The van der Waals surface area contributed by atoms with Crippen molar-refractivity contribution in [2.75, 3.05) is 14.2 Å². The largest absolute Gasteiger partial charge is 0.468 e. The molecule has 1 aromatic heterocycles. The van der Waals surface area contributed by atoms with Gasteiger partial charge in [0.15, 0.2) is 0 Å². The van der Waals surface area contributed by atoms with Gasteiger partial charge in [-0.15, -0.1) is 0 Å². The first kappa shape index (κ1) is 15.7. The second kappa shape index (κ2) is 6.70. The Morgan fingerprint density at radius 3 is 2.79 bits per heavy atom. The summed E-state index contributed by atoms with van der Waals surface area (Å²) >= 11 is 0. The summed E-state index contributed by atoms with van der Waals surface area (Å²) in [5.74, 6) is 1.28. The third-order valence-corrected chi connectivity index (χ3v) is 3.53. The van der Waals surface area contributed by atoms with Crippen LogP contribution in [0.5, 0.6) is 0 Å². The molecule has 5 heteroatoms. The molecule has 1 unspecified atom stereocenters. The minimum atomic E-state index is -0.618. The molecule has 0 spiro atoms. The van der Waals surface area contributed by atoms with E-state index in [-0.39, 0.29) is 5.97 Å². The van der Waals surface area contributed by atoms with Gasteiger partial charge >= 0.3 is 5.97 Å². The quantitative estimate of drug-likeness (QED) is 0.767. The Labute approximate surface area is 115 Å². The Kier molecular flexibility index (Phi) is 5.54. The van der Waals surface area contributed by atoms with Gasteiger partial charge in [0.25, 0.3) is 0 Å². The van der Waals surface area contributed by atoms with Gasteiger partial charge in [-0.05, 0) is 26.8 Å². The average molecular weight is 267 g/mol. The lowest BCUT2D eigenvalue weighted by Gasteiger charge is -2.26. The number of aromatic nitrogens is 2. The zero-order valence-electron chi connectivity index (χ0n) is 12.6. The van der Waals surface area contributed by atoms with E-state index in [1.54, 1.807) is 7.05 Å². The molecule has 0 aliphatic rings. The van der Waals surface area contributed by atoms with E-state index in [2.05, 4.69) is 28.7 Å². The van der Waals surface area contributed by atoms with E-state index >= 15 is 0 Å². The maximum atomic E-state index is 11.7. The fourth-order valence-corrected chi connectivity index (χ4v) is 2.17. The predicted molar refractivity (Wildman–Crippen MR) is 75.0 cm³/mol. The van der Waals surface area contributed by atoms with Gasteiger partial charge in [-0.25, -0.2) is 4.98 Å². The molecule has 0 aliphatic carbocycles. The average Bonchev–Trinajstić information content (AvgIpc) is 2.86. The number of rotatable bonds is 7. The summed E-state index contributed by atoms with van der Waals surface area (Å²) in [6.45, 7) is 6.99. The van der Waals surface area contributed by atoms with Crippen LogP contribution in [0.1, 0.15) is 45.4 Å². The van der Waals surface area contributed by atoms with Crippen molar-refractivity contribution in [3.05, 3.63) is 18.2 Å². The number of nitrogens with zero attached hydrogens (tertiary/aromatic N) is 2. The number of methoxy groups -OCH3 is 1. The van der Waals surface area contributed by atoms with Crippen LogP contribution in [0.2, 0.25) is 0 Å². The Bertz CT molecular complexity index is 415. The number of aryl methyl sites for hydroxylation is 1. The molecular weight excluding hydrogens is 242 g/mol. The highest BCUT2D eigenvalue weighted by Gasteiger charge is 2.31. The van der Waals surface area contributed by atoms with Crippen LogP contribution < -0.4 is 5.32 Å². The first-order valence-corrected chi connectivity index (χ1v) is 6.73. The lowest BCUT2D eigenvalue weighted by molar-refractivity contribution is -0.148. The van der Waals surface area contributed by atoms with Crippen LogP contribution >= 0.6 is 0 Å². The molecule has 1 rings (SSSR count). The van der Waals surface area contributed by atoms with Crippen molar-refractivity contribution in [3.8, 4) is 0 Å². The topological polar surface area (TPSA) is 56.2 Å². The second-order valence-corrected chi connectivity index (χ2v) is 5.31. The number of nitrogens with one attached hydrogen (secondary N) is 1. The molecule has 1 atom stereocenters. The van der Waals surface area contributed by atoms with Crippen LogP contribution in [-0.2, 0) is 16.1 Å². The van der Waals surface area contributed by atoms with Gasteiger partial charge in [0.1, 0.15) is 11.4 Å². The highest BCUT2D eigenvalue weighted by molar-refractivity contribution is 5.80. The normalized spacial score (nSPS) is 14.4. The summed E-state index contributed by atoms with van der Waals surface area (Å²) in [4.78, 5) is 16.1. The van der Waals surface area contributed by atoms with Gasteiger partial charge in [0.2, 0.25) is 0 Å². The van der Waals surface area contributed by atoms with Gasteiger partial charge in [0, 0.05) is 24.9 Å². The van der Waals surface area contributed by atoms with Crippen molar-refractivity contribution < 1.29 is 9.53 Å². The van der Waals surface area contributed by atoms with Crippen LogP contribution in [-0.4, -0.2) is 35.2 Å². The number of esters is 1. The monoisotopic (exact) mass is 267 g/mol. The first-order valence-electron chi connectivity index (χ1n) is 6.73. The molecule has 0 amide bonds. The van der Waals surface area contributed by atoms with Gasteiger partial charge in [-0.3, -0.25) is 4.79 Å². The molecule has 0 aliphatic heterocycles. The number of likely N-dealkylation sites (N-methyl/N-ethyl adjacent to an activating group) is 1. The minimum absolute atomic E-state index is 0.218. The standard InChI is InChI=1S/C14H25N3O2/c1-11(2)12-16-8-10-17(12)9-6-7-14(3,15-4)13(18)19-5/h8,10-11,15H,6-7,9H2,1-5H3. The number of carbonyl (C=O) groups is 1. The van der Waals surface area contributed by atoms with E-state index < -0.39 is 5.54 Å². The second-order valence-electron chi connectivity index (χ2n) is 5.31. The molecule has 0 saturated carbocycles. The molecule has 5 nitrogen and oxygen atoms in total. The van der Waals surface area contributed by atoms with Crippen molar-refractivity contribution >= 4 is 5.97 Å². The summed E-state index contributed by atoms with van der Waals surface area (Å²) in [7, 11) is 3.21. The molecule has 1 heterocycles. The fraction of sp³-hybridized carbons (Fsp3) is 0.714. The zero-order valence-corrected chi connectivity index (χ0v) is 12.6. The van der Waals surface area contributed by atoms with Crippen LogP contribution in [0.15, 0.2) is 12.4 Å². The van der Waals surface area contributed by atoms with Crippen molar-refractivity contribution in [3.63, 3.8) is 0 Å². The van der Waals surface area contributed by atoms with Crippen LogP contribution in [0, 0.1) is 0 Å². The molecule has 0 saturated heterocycles. The third kappa shape index (κ3) is 3.80. The van der Waals surface area contributed by atoms with E-state index in [4.69, 9.17) is 4.74 Å². The van der Waals surface area contributed by atoms with E-state index in [9.17, 15) is 4.79 Å². The highest BCUT2D eigenvalue weighted by atomic mass is 16.5. The number of carbonyl (C=O) groups excluding carboxylic acids is 1. The zero-order chi connectivity index (χ0) is 14.5. The predicted octanol–water partition coefficient (Wildman–Crippen LogP) is 1.94. The molecule has 0 bridgehead atoms. The summed E-state index contributed by atoms with van der Waals surface area (Å²) in [6, 6.07) is 0. The number of imidazole rings is 1. The first-order chi connectivity index (χ1) is 8.94.